The van der Waals surface area contributed by atoms with Gasteiger partial charge >= 0.3 is 0 Å². The largest absolute Gasteiger partial charge is 0.305 e. The van der Waals surface area contributed by atoms with Gasteiger partial charge in [-0.05, 0) is 61.8 Å². The van der Waals surface area contributed by atoms with E-state index in [-0.39, 0.29) is 18.0 Å². The number of aryl methyl sites for hydroxylation is 1. The number of carbonyl (C=O) groups is 1. The molecule has 7 heteroatoms. The number of likely N-dealkylation sites (N-methyl/N-ethyl adjacent to an activating group) is 1. The number of fused-ring (bicyclic) bond motifs is 3. The summed E-state index contributed by atoms with van der Waals surface area (Å²) in [4.78, 5) is 17.3. The Morgan fingerprint density at radius 3 is 2.53 bits per heavy atom. The van der Waals surface area contributed by atoms with Gasteiger partial charge in [0.05, 0.1) is 12.1 Å². The first-order valence-corrected chi connectivity index (χ1v) is 11.4. The standard InChI is InChI=1S/C27H24F2N4O/c1-31-12-6-11-27(31)21-8-3-4-10-25(21)33(26(27)34)16-20-22(28)13-17(14-23(20)29)18-7-5-9-24-19(18)15-32(2)30-24/h3-5,7-10,13-15H,6,11-12,16H2,1-2H3. The second-order valence-corrected chi connectivity index (χ2v) is 9.25. The van der Waals surface area contributed by atoms with Crippen LogP contribution in [0.3, 0.4) is 0 Å². The van der Waals surface area contributed by atoms with Crippen LogP contribution in [0.1, 0.15) is 24.0 Å². The number of benzene rings is 3. The minimum absolute atomic E-state index is 0.108. The maximum atomic E-state index is 15.4. The zero-order chi connectivity index (χ0) is 23.6. The van der Waals surface area contributed by atoms with Crippen LogP contribution in [0.4, 0.5) is 14.5 Å². The van der Waals surface area contributed by atoms with E-state index in [1.807, 2.05) is 62.8 Å². The van der Waals surface area contributed by atoms with Crippen molar-refractivity contribution in [3.8, 4) is 11.1 Å². The van der Waals surface area contributed by atoms with Crippen LogP contribution in [0.25, 0.3) is 22.0 Å². The molecule has 0 saturated carbocycles. The van der Waals surface area contributed by atoms with E-state index in [2.05, 4.69) is 10.00 Å². The van der Waals surface area contributed by atoms with Crippen molar-refractivity contribution >= 4 is 22.5 Å². The number of nitrogens with zero attached hydrogens (tertiary/aromatic N) is 4. The topological polar surface area (TPSA) is 41.4 Å². The molecular formula is C27H24F2N4O. The minimum Gasteiger partial charge on any atom is -0.305 e. The number of hydrogen-bond acceptors (Lipinski definition) is 3. The fraction of sp³-hybridized carbons (Fsp3) is 0.259. The van der Waals surface area contributed by atoms with Gasteiger partial charge in [-0.25, -0.2) is 8.78 Å². The van der Waals surface area contributed by atoms with Crippen LogP contribution in [-0.2, 0) is 23.9 Å². The first-order valence-electron chi connectivity index (χ1n) is 11.4. The number of amides is 1. The van der Waals surface area contributed by atoms with Gasteiger partial charge in [-0.2, -0.15) is 5.10 Å². The highest BCUT2D eigenvalue weighted by Gasteiger charge is 2.55. The predicted molar refractivity (Wildman–Crippen MR) is 127 cm³/mol. The van der Waals surface area contributed by atoms with E-state index in [0.29, 0.717) is 17.5 Å². The minimum atomic E-state index is -0.751. The van der Waals surface area contributed by atoms with Gasteiger partial charge in [0, 0.05) is 35.4 Å². The quantitative estimate of drug-likeness (QED) is 0.435. The van der Waals surface area contributed by atoms with Crippen molar-refractivity contribution in [2.75, 3.05) is 18.5 Å². The van der Waals surface area contributed by atoms with Crippen LogP contribution < -0.4 is 4.90 Å². The molecule has 0 radical (unpaired) electrons. The SMILES string of the molecule is CN1CCCC12C(=O)N(Cc1c(F)cc(-c3cccc4nn(C)cc34)cc1F)c1ccccc12. The molecule has 1 fully saturated rings. The van der Waals surface area contributed by atoms with Crippen molar-refractivity contribution in [1.29, 1.82) is 0 Å². The Hall–Kier alpha value is -3.58. The van der Waals surface area contributed by atoms with E-state index in [9.17, 15) is 4.79 Å². The second-order valence-electron chi connectivity index (χ2n) is 9.25. The maximum absolute atomic E-state index is 15.4. The number of carbonyl (C=O) groups excluding carboxylic acids is 1. The number of aromatic nitrogens is 2. The van der Waals surface area contributed by atoms with Gasteiger partial charge in [-0.1, -0.05) is 30.3 Å². The molecule has 6 rings (SSSR count). The first-order chi connectivity index (χ1) is 16.4. The average Bonchev–Trinajstić information content (AvgIpc) is 3.46. The van der Waals surface area contributed by atoms with E-state index in [4.69, 9.17) is 0 Å². The highest BCUT2D eigenvalue weighted by Crippen LogP contribution is 2.49. The summed E-state index contributed by atoms with van der Waals surface area (Å²) in [5.74, 6) is -1.44. The summed E-state index contributed by atoms with van der Waals surface area (Å²) in [5, 5.41) is 5.21. The van der Waals surface area contributed by atoms with E-state index in [1.165, 1.54) is 12.1 Å². The highest BCUT2D eigenvalue weighted by molar-refractivity contribution is 6.08. The second kappa shape index (κ2) is 7.46. The summed E-state index contributed by atoms with van der Waals surface area (Å²) in [6.45, 7) is 0.658. The van der Waals surface area contributed by atoms with E-state index in [0.717, 1.165) is 35.1 Å². The summed E-state index contributed by atoms with van der Waals surface area (Å²) in [6.07, 6.45) is 3.45. The van der Waals surface area contributed by atoms with Crippen molar-refractivity contribution in [1.82, 2.24) is 14.7 Å². The fourth-order valence-electron chi connectivity index (χ4n) is 5.71. The Morgan fingerprint density at radius 1 is 1.03 bits per heavy atom. The molecule has 0 aliphatic carbocycles. The molecule has 4 aromatic rings. The van der Waals surface area contributed by atoms with Crippen LogP contribution >= 0.6 is 0 Å². The van der Waals surface area contributed by atoms with Crippen molar-refractivity contribution < 1.29 is 13.6 Å². The number of halogens is 2. The van der Waals surface area contributed by atoms with Gasteiger partial charge in [0.25, 0.3) is 5.91 Å². The van der Waals surface area contributed by atoms with Crippen LogP contribution in [0.2, 0.25) is 0 Å². The summed E-state index contributed by atoms with van der Waals surface area (Å²) in [6, 6.07) is 15.8. The summed E-state index contributed by atoms with van der Waals surface area (Å²) in [7, 11) is 3.76. The average molecular weight is 459 g/mol. The Labute approximate surface area is 196 Å². The lowest BCUT2D eigenvalue weighted by Gasteiger charge is -2.31. The van der Waals surface area contributed by atoms with Gasteiger partial charge in [0.1, 0.15) is 17.2 Å². The molecule has 0 N–H and O–H groups in total. The van der Waals surface area contributed by atoms with E-state index in [1.54, 1.807) is 9.58 Å². The molecule has 172 valence electrons. The molecule has 1 spiro atoms. The molecule has 0 bridgehead atoms. The predicted octanol–water partition coefficient (Wildman–Crippen LogP) is 4.99. The van der Waals surface area contributed by atoms with Crippen LogP contribution in [0, 0.1) is 11.6 Å². The molecule has 34 heavy (non-hydrogen) atoms. The number of rotatable bonds is 3. The Morgan fingerprint density at radius 2 is 1.79 bits per heavy atom. The first kappa shape index (κ1) is 21.0. The summed E-state index contributed by atoms with van der Waals surface area (Å²) >= 11 is 0. The highest BCUT2D eigenvalue weighted by atomic mass is 19.1. The van der Waals surface area contributed by atoms with Gasteiger partial charge in [-0.3, -0.25) is 14.4 Å². The van der Waals surface area contributed by atoms with Crippen molar-refractivity contribution in [3.63, 3.8) is 0 Å². The zero-order valence-electron chi connectivity index (χ0n) is 19.1. The van der Waals surface area contributed by atoms with E-state index < -0.39 is 17.2 Å². The van der Waals surface area contributed by atoms with Gasteiger partial charge in [0.2, 0.25) is 0 Å². The molecule has 1 unspecified atom stereocenters. The van der Waals surface area contributed by atoms with E-state index >= 15 is 8.78 Å². The van der Waals surface area contributed by atoms with Crippen molar-refractivity contribution in [2.45, 2.75) is 24.9 Å². The van der Waals surface area contributed by atoms with Gasteiger partial charge in [0.15, 0.2) is 0 Å². The van der Waals surface area contributed by atoms with Crippen LogP contribution in [0.5, 0.6) is 0 Å². The monoisotopic (exact) mass is 458 g/mol. The molecule has 1 atom stereocenters. The zero-order valence-corrected chi connectivity index (χ0v) is 19.1. The number of para-hydroxylation sites is 1. The lowest BCUT2D eigenvalue weighted by molar-refractivity contribution is -0.127. The Balaban J connectivity index is 1.41. The Kier molecular flexibility index (Phi) is 4.61. The Bertz CT molecular complexity index is 1440. The van der Waals surface area contributed by atoms with Gasteiger partial charge in [-0.15, -0.1) is 0 Å². The number of anilines is 1. The molecule has 3 aromatic carbocycles. The fourth-order valence-corrected chi connectivity index (χ4v) is 5.71. The molecule has 3 heterocycles. The third-order valence-electron chi connectivity index (χ3n) is 7.36. The molecule has 2 aliphatic rings. The van der Waals surface area contributed by atoms with Crippen LogP contribution in [0.15, 0.2) is 60.8 Å². The van der Waals surface area contributed by atoms with Crippen LogP contribution in [-0.4, -0.2) is 34.2 Å². The molecule has 1 aromatic heterocycles. The van der Waals surface area contributed by atoms with Crippen molar-refractivity contribution in [2.24, 2.45) is 7.05 Å². The number of hydrogen-bond donors (Lipinski definition) is 0. The normalized spacial score (nSPS) is 20.1. The molecular weight excluding hydrogens is 434 g/mol. The smallest absolute Gasteiger partial charge is 0.252 e. The molecule has 1 amide bonds. The lowest BCUT2D eigenvalue weighted by atomic mass is 9.89. The lowest BCUT2D eigenvalue weighted by Crippen LogP contribution is -2.47. The third-order valence-corrected chi connectivity index (χ3v) is 7.36. The molecule has 2 aliphatic heterocycles. The molecule has 1 saturated heterocycles. The number of likely N-dealkylation sites (tertiary alicyclic amines) is 1. The maximum Gasteiger partial charge on any atom is 0.252 e. The van der Waals surface area contributed by atoms with Crippen molar-refractivity contribution in [3.05, 3.63) is 83.6 Å². The van der Waals surface area contributed by atoms with Gasteiger partial charge < -0.3 is 4.90 Å². The molecule has 5 nitrogen and oxygen atoms in total. The summed E-state index contributed by atoms with van der Waals surface area (Å²) in [5.41, 5.74) is 2.70. The third kappa shape index (κ3) is 2.86. The summed E-state index contributed by atoms with van der Waals surface area (Å²) < 4.78 is 32.5.